The van der Waals surface area contributed by atoms with Crippen LogP contribution in [0.2, 0.25) is 0 Å². The fourth-order valence-electron chi connectivity index (χ4n) is 8.10. The van der Waals surface area contributed by atoms with Gasteiger partial charge < -0.3 is 14.2 Å². The Hall–Kier alpha value is -2.89. The first-order valence-electron chi connectivity index (χ1n) is 28.8. The molecule has 1 atom stereocenters. The van der Waals surface area contributed by atoms with Crippen LogP contribution in [0, 0.1) is 0 Å². The molecule has 0 heterocycles. The Kier molecular flexibility index (Phi) is 53.3. The number of ether oxygens (including phenoxy) is 3. The van der Waals surface area contributed by atoms with E-state index in [4.69, 9.17) is 14.2 Å². The first kappa shape index (κ1) is 64.1. The fourth-order valence-corrected chi connectivity index (χ4v) is 8.10. The molecule has 0 aromatic carbocycles. The summed E-state index contributed by atoms with van der Waals surface area (Å²) in [5, 5.41) is 0. The van der Waals surface area contributed by atoms with Crippen molar-refractivity contribution in [1.29, 1.82) is 0 Å². The smallest absolute Gasteiger partial charge is 0.306 e. The van der Waals surface area contributed by atoms with E-state index in [-0.39, 0.29) is 37.5 Å². The molecule has 67 heavy (non-hydrogen) atoms. The van der Waals surface area contributed by atoms with E-state index in [1.807, 2.05) is 0 Å². The molecule has 0 amide bonds. The maximum atomic E-state index is 12.8. The second-order valence-corrected chi connectivity index (χ2v) is 19.2. The number of hydrogen-bond acceptors (Lipinski definition) is 6. The van der Waals surface area contributed by atoms with E-state index in [9.17, 15) is 14.4 Å². The standard InChI is InChI=1S/C61H108O6/c1-4-7-10-13-16-19-22-25-28-31-34-36-39-42-45-48-51-54-60(63)66-57-58(67-61(64)55-52-49-46-43-40-37-33-30-27-24-21-18-15-12-9-6-3)56-65-59(62)53-50-47-44-41-38-35-32-29-26-23-20-17-14-11-8-5-2/h25,28-30,32-34,36,42,45,58H,4-24,26-27,31,35,37-41,43-44,46-57H2,1-3H3/b28-25-,32-29-,33-30-,36-34-,45-42-. The Morgan fingerprint density at radius 2 is 0.552 bits per heavy atom. The van der Waals surface area contributed by atoms with Crippen LogP contribution < -0.4 is 0 Å². The molecule has 0 spiro atoms. The predicted molar refractivity (Wildman–Crippen MR) is 288 cm³/mol. The van der Waals surface area contributed by atoms with Gasteiger partial charge in [-0.15, -0.1) is 0 Å². The average Bonchev–Trinajstić information content (AvgIpc) is 3.33. The number of rotatable bonds is 52. The van der Waals surface area contributed by atoms with Crippen LogP contribution in [0.15, 0.2) is 60.8 Å². The van der Waals surface area contributed by atoms with Gasteiger partial charge >= 0.3 is 17.9 Å². The van der Waals surface area contributed by atoms with E-state index < -0.39 is 6.10 Å². The summed E-state index contributed by atoms with van der Waals surface area (Å²) in [6, 6.07) is 0. The molecular formula is C61H108O6. The molecule has 388 valence electrons. The van der Waals surface area contributed by atoms with Gasteiger partial charge in [-0.2, -0.15) is 0 Å². The monoisotopic (exact) mass is 937 g/mol. The van der Waals surface area contributed by atoms with Crippen molar-refractivity contribution in [1.82, 2.24) is 0 Å². The zero-order valence-corrected chi connectivity index (χ0v) is 44.4. The SMILES string of the molecule is CCCCCCCC/C=C\C/C=C\C/C=C\CCCC(=O)OCC(COC(=O)CCCCCCC/C=C\CCCCCCCCC)OC(=O)CCCCCCC/C=C\CCCCCCCCC. The molecule has 6 nitrogen and oxygen atoms in total. The molecule has 0 saturated carbocycles. The number of hydrogen-bond donors (Lipinski definition) is 0. The van der Waals surface area contributed by atoms with Crippen LogP contribution in [0.5, 0.6) is 0 Å². The highest BCUT2D eigenvalue weighted by Crippen LogP contribution is 2.14. The number of allylic oxidation sites excluding steroid dienone is 10. The Balaban J connectivity index is 4.46. The average molecular weight is 938 g/mol. The van der Waals surface area contributed by atoms with Crippen molar-refractivity contribution in [3.05, 3.63) is 60.8 Å². The topological polar surface area (TPSA) is 78.9 Å². The zero-order valence-electron chi connectivity index (χ0n) is 44.4. The molecule has 0 radical (unpaired) electrons. The van der Waals surface area contributed by atoms with Crippen molar-refractivity contribution in [2.24, 2.45) is 0 Å². The van der Waals surface area contributed by atoms with Crippen LogP contribution in [0.1, 0.15) is 290 Å². The molecule has 0 saturated heterocycles. The summed E-state index contributed by atoms with van der Waals surface area (Å²) in [7, 11) is 0. The van der Waals surface area contributed by atoms with Gasteiger partial charge in [-0.25, -0.2) is 0 Å². The van der Waals surface area contributed by atoms with Crippen LogP contribution in [0.3, 0.4) is 0 Å². The van der Waals surface area contributed by atoms with E-state index in [0.29, 0.717) is 19.3 Å². The van der Waals surface area contributed by atoms with Crippen LogP contribution in [-0.4, -0.2) is 37.2 Å². The van der Waals surface area contributed by atoms with Gasteiger partial charge in [0.2, 0.25) is 0 Å². The first-order chi connectivity index (χ1) is 33.0. The maximum Gasteiger partial charge on any atom is 0.306 e. The van der Waals surface area contributed by atoms with Crippen LogP contribution in [0.25, 0.3) is 0 Å². The lowest BCUT2D eigenvalue weighted by Gasteiger charge is -2.18. The Bertz CT molecular complexity index is 1210. The summed E-state index contributed by atoms with van der Waals surface area (Å²) in [6.07, 6.45) is 69.3. The van der Waals surface area contributed by atoms with Gasteiger partial charge in [0, 0.05) is 19.3 Å². The number of carbonyl (C=O) groups is 3. The van der Waals surface area contributed by atoms with E-state index in [1.165, 1.54) is 167 Å². The van der Waals surface area contributed by atoms with Gasteiger partial charge in [-0.05, 0) is 103 Å². The Labute approximate surface area is 415 Å². The molecule has 0 bridgehead atoms. The predicted octanol–water partition coefficient (Wildman–Crippen LogP) is 19.2. The van der Waals surface area contributed by atoms with Crippen LogP contribution >= 0.6 is 0 Å². The van der Waals surface area contributed by atoms with Crippen LogP contribution in [-0.2, 0) is 28.6 Å². The van der Waals surface area contributed by atoms with E-state index in [1.54, 1.807) is 0 Å². The van der Waals surface area contributed by atoms with E-state index >= 15 is 0 Å². The summed E-state index contributed by atoms with van der Waals surface area (Å²) in [4.78, 5) is 38.1. The number of carbonyl (C=O) groups excluding carboxylic acids is 3. The summed E-state index contributed by atoms with van der Waals surface area (Å²) in [6.45, 7) is 6.59. The summed E-state index contributed by atoms with van der Waals surface area (Å²) >= 11 is 0. The highest BCUT2D eigenvalue weighted by atomic mass is 16.6. The highest BCUT2D eigenvalue weighted by Gasteiger charge is 2.19. The van der Waals surface area contributed by atoms with Crippen molar-refractivity contribution in [2.75, 3.05) is 13.2 Å². The van der Waals surface area contributed by atoms with Crippen molar-refractivity contribution < 1.29 is 28.6 Å². The van der Waals surface area contributed by atoms with Gasteiger partial charge in [-0.3, -0.25) is 14.4 Å². The fraction of sp³-hybridized carbons (Fsp3) is 0.787. The summed E-state index contributed by atoms with van der Waals surface area (Å²) < 4.78 is 16.8. The van der Waals surface area contributed by atoms with Gasteiger partial charge in [0.1, 0.15) is 13.2 Å². The molecule has 0 N–H and O–H groups in total. The number of unbranched alkanes of at least 4 members (excludes halogenated alkanes) is 31. The minimum atomic E-state index is -0.802. The molecule has 0 aliphatic rings. The third-order valence-electron chi connectivity index (χ3n) is 12.5. The van der Waals surface area contributed by atoms with Gasteiger partial charge in [0.05, 0.1) is 0 Å². The third kappa shape index (κ3) is 53.9. The molecule has 0 aliphatic heterocycles. The maximum absolute atomic E-state index is 12.8. The van der Waals surface area contributed by atoms with Crippen molar-refractivity contribution in [3.63, 3.8) is 0 Å². The number of esters is 3. The van der Waals surface area contributed by atoms with Gasteiger partial charge in [0.25, 0.3) is 0 Å². The van der Waals surface area contributed by atoms with E-state index in [0.717, 1.165) is 77.0 Å². The lowest BCUT2D eigenvalue weighted by atomic mass is 10.1. The van der Waals surface area contributed by atoms with E-state index in [2.05, 4.69) is 81.5 Å². The Morgan fingerprint density at radius 1 is 0.299 bits per heavy atom. The summed E-state index contributed by atoms with van der Waals surface area (Å²) in [5.41, 5.74) is 0. The molecule has 0 rings (SSSR count). The third-order valence-corrected chi connectivity index (χ3v) is 12.5. The Morgan fingerprint density at radius 3 is 0.910 bits per heavy atom. The molecule has 1 unspecified atom stereocenters. The molecule has 0 aromatic heterocycles. The first-order valence-corrected chi connectivity index (χ1v) is 28.8. The molecule has 0 aromatic rings. The minimum absolute atomic E-state index is 0.0965. The lowest BCUT2D eigenvalue weighted by molar-refractivity contribution is -0.167. The lowest BCUT2D eigenvalue weighted by Crippen LogP contribution is -2.30. The minimum Gasteiger partial charge on any atom is -0.462 e. The zero-order chi connectivity index (χ0) is 48.6. The normalized spacial score (nSPS) is 12.5. The molecule has 0 fully saturated rings. The van der Waals surface area contributed by atoms with Gasteiger partial charge in [0.15, 0.2) is 6.10 Å². The highest BCUT2D eigenvalue weighted by molar-refractivity contribution is 5.71. The largest absolute Gasteiger partial charge is 0.462 e. The van der Waals surface area contributed by atoms with Gasteiger partial charge in [-0.1, -0.05) is 229 Å². The second kappa shape index (κ2) is 55.7. The molecular weight excluding hydrogens is 829 g/mol. The second-order valence-electron chi connectivity index (χ2n) is 19.2. The van der Waals surface area contributed by atoms with Crippen molar-refractivity contribution in [3.8, 4) is 0 Å². The van der Waals surface area contributed by atoms with Crippen molar-refractivity contribution in [2.45, 2.75) is 297 Å². The molecule has 0 aliphatic carbocycles. The quantitative estimate of drug-likeness (QED) is 0.0262. The summed E-state index contributed by atoms with van der Waals surface area (Å²) in [5.74, 6) is -0.957. The molecule has 6 heteroatoms. The van der Waals surface area contributed by atoms with Crippen LogP contribution in [0.4, 0.5) is 0 Å². The van der Waals surface area contributed by atoms with Crippen molar-refractivity contribution >= 4 is 17.9 Å².